The monoisotopic (exact) mass is 342 g/mol. The van der Waals surface area contributed by atoms with Gasteiger partial charge in [-0.3, -0.25) is 15.3 Å². The van der Waals surface area contributed by atoms with Crippen molar-refractivity contribution in [3.8, 4) is 11.5 Å². The molecule has 1 aliphatic rings. The summed E-state index contributed by atoms with van der Waals surface area (Å²) < 4.78 is 10.3. The molecule has 6 heteroatoms. The van der Waals surface area contributed by atoms with Gasteiger partial charge in [0.15, 0.2) is 0 Å². The number of hydrogen-bond donors (Lipinski definition) is 2. The summed E-state index contributed by atoms with van der Waals surface area (Å²) in [6.45, 7) is 0. The van der Waals surface area contributed by atoms with Crippen LogP contribution in [0, 0.1) is 0 Å². The molecular formula is C19H22N2O4. The third-order valence-electron chi connectivity index (χ3n) is 4.40. The van der Waals surface area contributed by atoms with E-state index < -0.39 is 12.2 Å². The molecular weight excluding hydrogens is 320 g/mol. The summed E-state index contributed by atoms with van der Waals surface area (Å²) in [5.41, 5.74) is 2.01. The minimum absolute atomic E-state index is 0.311. The van der Waals surface area contributed by atoms with Crippen LogP contribution in [0.25, 0.3) is 0 Å². The highest BCUT2D eigenvalue weighted by Crippen LogP contribution is 2.19. The van der Waals surface area contributed by atoms with Gasteiger partial charge in [-0.1, -0.05) is 24.3 Å². The molecule has 1 heterocycles. The first-order valence-electron chi connectivity index (χ1n) is 8.14. The van der Waals surface area contributed by atoms with E-state index in [9.17, 15) is 10.0 Å². The normalized spacial score (nSPS) is 20.0. The zero-order valence-electron chi connectivity index (χ0n) is 14.3. The van der Waals surface area contributed by atoms with E-state index >= 15 is 0 Å². The number of carbonyl (C=O) groups is 1. The fraction of sp³-hybridized carbons (Fsp3) is 0.316. The number of nitrogens with zero attached hydrogens (tertiary/aromatic N) is 1. The topological polar surface area (TPSA) is 71.0 Å². The van der Waals surface area contributed by atoms with Gasteiger partial charge in [0.25, 0.3) is 5.91 Å². The summed E-state index contributed by atoms with van der Waals surface area (Å²) in [5.74, 6) is 1.24. The lowest BCUT2D eigenvalue weighted by atomic mass is 10.1. The first-order chi connectivity index (χ1) is 12.1. The second-order valence-corrected chi connectivity index (χ2v) is 6.02. The fourth-order valence-corrected chi connectivity index (χ4v) is 2.96. The maximum atomic E-state index is 12.3. The van der Waals surface area contributed by atoms with E-state index in [0.29, 0.717) is 12.8 Å². The van der Waals surface area contributed by atoms with Gasteiger partial charge in [-0.25, -0.2) is 5.06 Å². The molecule has 1 aliphatic heterocycles. The molecule has 132 valence electrons. The zero-order chi connectivity index (χ0) is 17.8. The van der Waals surface area contributed by atoms with E-state index in [-0.39, 0.29) is 5.91 Å². The van der Waals surface area contributed by atoms with E-state index in [1.165, 1.54) is 0 Å². The van der Waals surface area contributed by atoms with Crippen molar-refractivity contribution in [3.05, 3.63) is 59.7 Å². The van der Waals surface area contributed by atoms with E-state index in [1.807, 2.05) is 48.5 Å². The van der Waals surface area contributed by atoms with Gasteiger partial charge in [-0.05, 0) is 41.8 Å². The van der Waals surface area contributed by atoms with Gasteiger partial charge in [-0.2, -0.15) is 0 Å². The maximum Gasteiger partial charge on any atom is 0.264 e. The van der Waals surface area contributed by atoms with Crippen LogP contribution in [0.5, 0.6) is 11.5 Å². The molecule has 2 unspecified atom stereocenters. The molecule has 3 rings (SSSR count). The smallest absolute Gasteiger partial charge is 0.264 e. The lowest BCUT2D eigenvalue weighted by Crippen LogP contribution is -2.37. The third kappa shape index (κ3) is 3.92. The van der Waals surface area contributed by atoms with Crippen molar-refractivity contribution < 1.29 is 19.5 Å². The number of methoxy groups -OCH3 is 2. The average Bonchev–Trinajstić information content (AvgIpc) is 2.91. The third-order valence-corrected chi connectivity index (χ3v) is 4.40. The van der Waals surface area contributed by atoms with Gasteiger partial charge in [0.2, 0.25) is 0 Å². The van der Waals surface area contributed by atoms with Crippen LogP contribution in [0.3, 0.4) is 0 Å². The Morgan fingerprint density at radius 3 is 1.88 bits per heavy atom. The van der Waals surface area contributed by atoms with Crippen molar-refractivity contribution in [1.29, 1.82) is 0 Å². The largest absolute Gasteiger partial charge is 0.497 e. The predicted octanol–water partition coefficient (Wildman–Crippen LogP) is 2.00. The standard InChI is InChI=1S/C19H22N2O4/c1-24-15-7-3-13(4-8-15)11-17-19(22)21(23)18(20-17)12-14-5-9-16(25-2)10-6-14/h3-10,17-18,20,23H,11-12H2,1-2H3. The van der Waals surface area contributed by atoms with Gasteiger partial charge >= 0.3 is 0 Å². The second kappa shape index (κ2) is 7.55. The summed E-state index contributed by atoms with van der Waals surface area (Å²) in [5, 5.41) is 14.1. The lowest BCUT2D eigenvalue weighted by molar-refractivity contribution is -0.166. The van der Waals surface area contributed by atoms with Crippen LogP contribution >= 0.6 is 0 Å². The van der Waals surface area contributed by atoms with E-state index in [1.54, 1.807) is 14.2 Å². The van der Waals surface area contributed by atoms with E-state index in [4.69, 9.17) is 9.47 Å². The molecule has 0 radical (unpaired) electrons. The number of nitrogens with one attached hydrogen (secondary N) is 1. The molecule has 2 N–H and O–H groups in total. The Bertz CT molecular complexity index is 715. The number of hydroxylamine groups is 2. The number of ether oxygens (including phenoxy) is 2. The summed E-state index contributed by atoms with van der Waals surface area (Å²) in [6, 6.07) is 14.7. The highest BCUT2D eigenvalue weighted by molar-refractivity contribution is 5.83. The molecule has 0 bridgehead atoms. The zero-order valence-corrected chi connectivity index (χ0v) is 14.3. The molecule has 1 fully saturated rings. The summed E-state index contributed by atoms with van der Waals surface area (Å²) in [7, 11) is 3.23. The van der Waals surface area contributed by atoms with Crippen LogP contribution in [-0.2, 0) is 17.6 Å². The highest BCUT2D eigenvalue weighted by Gasteiger charge is 2.38. The Labute approximate surface area is 146 Å². The van der Waals surface area contributed by atoms with E-state index in [0.717, 1.165) is 27.7 Å². The van der Waals surface area contributed by atoms with Crippen molar-refractivity contribution in [2.45, 2.75) is 25.0 Å². The second-order valence-electron chi connectivity index (χ2n) is 6.02. The lowest BCUT2D eigenvalue weighted by Gasteiger charge is -2.17. The van der Waals surface area contributed by atoms with Gasteiger partial charge in [-0.15, -0.1) is 0 Å². The Balaban J connectivity index is 1.64. The number of amides is 1. The van der Waals surface area contributed by atoms with E-state index in [2.05, 4.69) is 5.32 Å². The Kier molecular flexibility index (Phi) is 5.21. The fourth-order valence-electron chi connectivity index (χ4n) is 2.96. The van der Waals surface area contributed by atoms with Gasteiger partial charge < -0.3 is 9.47 Å². The molecule has 1 amide bonds. The van der Waals surface area contributed by atoms with Crippen molar-refractivity contribution in [2.24, 2.45) is 0 Å². The molecule has 25 heavy (non-hydrogen) atoms. The molecule has 1 saturated heterocycles. The molecule has 0 saturated carbocycles. The van der Waals surface area contributed by atoms with Crippen molar-refractivity contribution in [3.63, 3.8) is 0 Å². The molecule has 2 aromatic carbocycles. The van der Waals surface area contributed by atoms with Gasteiger partial charge in [0.05, 0.1) is 20.3 Å². The van der Waals surface area contributed by atoms with Crippen molar-refractivity contribution in [1.82, 2.24) is 10.4 Å². The summed E-state index contributed by atoms with van der Waals surface area (Å²) in [6.07, 6.45) is 0.591. The summed E-state index contributed by atoms with van der Waals surface area (Å²) in [4.78, 5) is 12.3. The molecule has 0 spiro atoms. The first-order valence-corrected chi connectivity index (χ1v) is 8.14. The SMILES string of the molecule is COc1ccc(CC2NC(Cc3ccc(OC)cc3)N(O)C2=O)cc1. The number of rotatable bonds is 6. The molecule has 6 nitrogen and oxygen atoms in total. The van der Waals surface area contributed by atoms with Crippen molar-refractivity contribution >= 4 is 5.91 Å². The molecule has 2 aromatic rings. The van der Waals surface area contributed by atoms with Crippen molar-refractivity contribution in [2.75, 3.05) is 14.2 Å². The van der Waals surface area contributed by atoms with Crippen LogP contribution in [0.15, 0.2) is 48.5 Å². The van der Waals surface area contributed by atoms with Crippen LogP contribution in [0.1, 0.15) is 11.1 Å². The van der Waals surface area contributed by atoms with Gasteiger partial charge in [0.1, 0.15) is 17.7 Å². The predicted molar refractivity (Wildman–Crippen MR) is 92.7 cm³/mol. The minimum Gasteiger partial charge on any atom is -0.497 e. The molecule has 0 aliphatic carbocycles. The average molecular weight is 342 g/mol. The van der Waals surface area contributed by atoms with Gasteiger partial charge in [0, 0.05) is 6.42 Å². The van der Waals surface area contributed by atoms with Crippen LogP contribution in [0.4, 0.5) is 0 Å². The first kappa shape index (κ1) is 17.3. The maximum absolute atomic E-state index is 12.3. The number of benzene rings is 2. The van der Waals surface area contributed by atoms with Crippen LogP contribution < -0.4 is 14.8 Å². The Hall–Kier alpha value is -2.57. The Morgan fingerprint density at radius 2 is 1.40 bits per heavy atom. The Morgan fingerprint density at radius 1 is 0.920 bits per heavy atom. The molecule has 0 aromatic heterocycles. The number of hydrogen-bond acceptors (Lipinski definition) is 5. The minimum atomic E-state index is -0.443. The summed E-state index contributed by atoms with van der Waals surface area (Å²) >= 11 is 0. The quantitative estimate of drug-likeness (QED) is 0.786. The van der Waals surface area contributed by atoms with Crippen LogP contribution in [0.2, 0.25) is 0 Å². The molecule has 2 atom stereocenters. The van der Waals surface area contributed by atoms with Crippen LogP contribution in [-0.4, -0.2) is 42.6 Å². The number of carbonyl (C=O) groups excluding carboxylic acids is 1. The highest BCUT2D eigenvalue weighted by atomic mass is 16.5.